The molecular formula is C18H23N3O4S. The van der Waals surface area contributed by atoms with Crippen molar-refractivity contribution >= 4 is 10.0 Å². The summed E-state index contributed by atoms with van der Waals surface area (Å²) in [6, 6.07) is 7.00. The predicted octanol–water partition coefficient (Wildman–Crippen LogP) is 2.27. The molecule has 0 amide bonds. The minimum atomic E-state index is -3.56. The highest BCUT2D eigenvalue weighted by atomic mass is 32.2. The fourth-order valence-electron chi connectivity index (χ4n) is 4.04. The second-order valence-corrected chi connectivity index (χ2v) is 9.26. The van der Waals surface area contributed by atoms with Crippen LogP contribution in [0.15, 0.2) is 33.7 Å². The predicted molar refractivity (Wildman–Crippen MR) is 94.2 cm³/mol. The van der Waals surface area contributed by atoms with Crippen molar-refractivity contribution in [2.75, 3.05) is 26.3 Å². The summed E-state index contributed by atoms with van der Waals surface area (Å²) in [6.07, 6.45) is 1.58. The average molecular weight is 377 g/mol. The largest absolute Gasteiger partial charge is 0.381 e. The number of aromatic nitrogens is 2. The van der Waals surface area contributed by atoms with E-state index in [2.05, 4.69) is 10.1 Å². The third-order valence-corrected chi connectivity index (χ3v) is 7.43. The van der Waals surface area contributed by atoms with E-state index in [-0.39, 0.29) is 11.3 Å². The number of hydrogen-bond donors (Lipinski definition) is 0. The molecule has 2 aromatic rings. The Bertz CT molecular complexity index is 885. The molecule has 26 heavy (non-hydrogen) atoms. The molecular weight excluding hydrogens is 354 g/mol. The standard InChI is InChI=1S/C18H23N3O4S/c1-13-3-5-15(6-4-13)26(22,23)21-11-16(17-19-14(2)20-25-17)18(12-21)7-9-24-10-8-18/h3-6,16H,7-12H2,1-2H3/t16-/m0/s1. The van der Waals surface area contributed by atoms with Gasteiger partial charge in [-0.1, -0.05) is 22.9 Å². The van der Waals surface area contributed by atoms with Crippen LogP contribution >= 0.6 is 0 Å². The Kier molecular flexibility index (Phi) is 4.37. The SMILES string of the molecule is Cc1ccc(S(=O)(=O)N2C[C@@H](c3nc(C)no3)C3(CCOCC3)C2)cc1. The van der Waals surface area contributed by atoms with Crippen molar-refractivity contribution in [2.45, 2.75) is 37.5 Å². The molecule has 1 aromatic carbocycles. The van der Waals surface area contributed by atoms with E-state index >= 15 is 0 Å². The minimum Gasteiger partial charge on any atom is -0.381 e. The summed E-state index contributed by atoms with van der Waals surface area (Å²) >= 11 is 0. The van der Waals surface area contributed by atoms with Gasteiger partial charge in [0.2, 0.25) is 15.9 Å². The monoisotopic (exact) mass is 377 g/mol. The first-order chi connectivity index (χ1) is 12.4. The number of sulfonamides is 1. The van der Waals surface area contributed by atoms with Crippen LogP contribution in [0.2, 0.25) is 0 Å². The van der Waals surface area contributed by atoms with E-state index in [0.29, 0.717) is 42.9 Å². The maximum Gasteiger partial charge on any atom is 0.243 e. The smallest absolute Gasteiger partial charge is 0.243 e. The summed E-state index contributed by atoms with van der Waals surface area (Å²) in [4.78, 5) is 4.73. The highest BCUT2D eigenvalue weighted by molar-refractivity contribution is 7.89. The number of nitrogens with zero attached hydrogens (tertiary/aromatic N) is 3. The van der Waals surface area contributed by atoms with Gasteiger partial charge >= 0.3 is 0 Å². The summed E-state index contributed by atoms with van der Waals surface area (Å²) < 4.78 is 38.9. The summed E-state index contributed by atoms with van der Waals surface area (Å²) in [5.74, 6) is 1.00. The number of ether oxygens (including phenoxy) is 1. The molecule has 0 saturated carbocycles. The first-order valence-corrected chi connectivity index (χ1v) is 10.3. The van der Waals surface area contributed by atoms with Crippen LogP contribution in [-0.2, 0) is 14.8 Å². The minimum absolute atomic E-state index is 0.104. The Hall–Kier alpha value is -1.77. The highest BCUT2D eigenvalue weighted by Crippen LogP contribution is 2.50. The van der Waals surface area contributed by atoms with Crippen molar-refractivity contribution in [3.63, 3.8) is 0 Å². The Morgan fingerprint density at radius 1 is 1.15 bits per heavy atom. The zero-order valence-corrected chi connectivity index (χ0v) is 15.8. The normalized spacial score (nSPS) is 23.5. The third-order valence-electron chi connectivity index (χ3n) is 5.61. The fraction of sp³-hybridized carbons (Fsp3) is 0.556. The lowest BCUT2D eigenvalue weighted by atomic mass is 9.72. The van der Waals surface area contributed by atoms with Gasteiger partial charge in [-0.25, -0.2) is 8.42 Å². The molecule has 0 bridgehead atoms. The molecule has 0 aliphatic carbocycles. The first-order valence-electron chi connectivity index (χ1n) is 8.85. The second-order valence-electron chi connectivity index (χ2n) is 7.32. The Morgan fingerprint density at radius 2 is 1.85 bits per heavy atom. The molecule has 2 saturated heterocycles. The molecule has 4 rings (SSSR count). The molecule has 1 atom stereocenters. The van der Waals surface area contributed by atoms with E-state index in [0.717, 1.165) is 18.4 Å². The molecule has 140 valence electrons. The van der Waals surface area contributed by atoms with Crippen LogP contribution in [0.5, 0.6) is 0 Å². The number of rotatable bonds is 3. The van der Waals surface area contributed by atoms with Crippen molar-refractivity contribution in [1.29, 1.82) is 0 Å². The lowest BCUT2D eigenvalue weighted by molar-refractivity contribution is 0.0104. The van der Waals surface area contributed by atoms with E-state index in [1.165, 1.54) is 0 Å². The number of benzene rings is 1. The van der Waals surface area contributed by atoms with E-state index in [1.807, 2.05) is 19.1 Å². The van der Waals surface area contributed by atoms with Gasteiger partial charge in [-0.2, -0.15) is 9.29 Å². The summed E-state index contributed by atoms with van der Waals surface area (Å²) in [5, 5.41) is 3.91. The highest BCUT2D eigenvalue weighted by Gasteiger charge is 2.53. The van der Waals surface area contributed by atoms with Crippen LogP contribution in [0.3, 0.4) is 0 Å². The molecule has 8 heteroatoms. The van der Waals surface area contributed by atoms with E-state index in [4.69, 9.17) is 9.26 Å². The molecule has 2 aliphatic heterocycles. The van der Waals surface area contributed by atoms with Crippen molar-refractivity contribution in [1.82, 2.24) is 14.4 Å². The maximum atomic E-state index is 13.2. The molecule has 2 aliphatic rings. The number of hydrogen-bond acceptors (Lipinski definition) is 6. The van der Waals surface area contributed by atoms with Crippen LogP contribution in [0.1, 0.15) is 36.0 Å². The van der Waals surface area contributed by atoms with Crippen molar-refractivity contribution < 1.29 is 17.7 Å². The topological polar surface area (TPSA) is 85.5 Å². The van der Waals surface area contributed by atoms with Gasteiger partial charge in [0.1, 0.15) is 0 Å². The van der Waals surface area contributed by atoms with Crippen LogP contribution < -0.4 is 0 Å². The van der Waals surface area contributed by atoms with Gasteiger partial charge in [0.25, 0.3) is 0 Å². The van der Waals surface area contributed by atoms with Crippen LogP contribution in [0, 0.1) is 19.3 Å². The Morgan fingerprint density at radius 3 is 2.46 bits per heavy atom. The maximum absolute atomic E-state index is 13.2. The molecule has 3 heterocycles. The second kappa shape index (κ2) is 6.44. The zero-order valence-electron chi connectivity index (χ0n) is 15.0. The van der Waals surface area contributed by atoms with Gasteiger partial charge in [-0.3, -0.25) is 0 Å². The van der Waals surface area contributed by atoms with Gasteiger partial charge in [-0.15, -0.1) is 0 Å². The molecule has 0 radical (unpaired) electrons. The summed E-state index contributed by atoms with van der Waals surface area (Å²) in [6.45, 7) is 5.79. The lowest BCUT2D eigenvalue weighted by Gasteiger charge is -2.36. The van der Waals surface area contributed by atoms with E-state index < -0.39 is 10.0 Å². The zero-order chi connectivity index (χ0) is 18.4. The summed E-state index contributed by atoms with van der Waals surface area (Å²) in [7, 11) is -3.56. The van der Waals surface area contributed by atoms with Crippen LogP contribution in [-0.4, -0.2) is 49.2 Å². The van der Waals surface area contributed by atoms with Gasteiger partial charge in [-0.05, 0) is 38.8 Å². The van der Waals surface area contributed by atoms with Crippen molar-refractivity contribution in [3.05, 3.63) is 41.5 Å². The van der Waals surface area contributed by atoms with E-state index in [9.17, 15) is 8.42 Å². The van der Waals surface area contributed by atoms with Crippen molar-refractivity contribution in [3.8, 4) is 0 Å². The third kappa shape index (κ3) is 2.95. The molecule has 0 unspecified atom stereocenters. The van der Waals surface area contributed by atoms with Gasteiger partial charge in [0.15, 0.2) is 5.82 Å². The molecule has 7 nitrogen and oxygen atoms in total. The van der Waals surface area contributed by atoms with Gasteiger partial charge < -0.3 is 9.26 Å². The molecule has 1 aromatic heterocycles. The van der Waals surface area contributed by atoms with Crippen LogP contribution in [0.25, 0.3) is 0 Å². The molecule has 0 N–H and O–H groups in total. The number of aryl methyl sites for hydroxylation is 2. The van der Waals surface area contributed by atoms with E-state index in [1.54, 1.807) is 23.4 Å². The van der Waals surface area contributed by atoms with Crippen molar-refractivity contribution in [2.24, 2.45) is 5.41 Å². The summed E-state index contributed by atoms with van der Waals surface area (Å²) in [5.41, 5.74) is 0.820. The lowest BCUT2D eigenvalue weighted by Crippen LogP contribution is -2.37. The first kappa shape index (κ1) is 17.6. The van der Waals surface area contributed by atoms with Gasteiger partial charge in [0, 0.05) is 31.7 Å². The Balaban J connectivity index is 1.69. The molecule has 2 fully saturated rings. The quantitative estimate of drug-likeness (QED) is 0.816. The average Bonchev–Trinajstić information content (AvgIpc) is 3.20. The van der Waals surface area contributed by atoms with Crippen LogP contribution in [0.4, 0.5) is 0 Å². The molecule has 1 spiro atoms. The fourth-order valence-corrected chi connectivity index (χ4v) is 5.60. The van der Waals surface area contributed by atoms with Gasteiger partial charge in [0.05, 0.1) is 10.8 Å². The Labute approximate surface area is 153 Å².